The number of methoxy groups -OCH3 is 1. The smallest absolute Gasteiger partial charge is 0.416 e. The Labute approximate surface area is 222 Å². The van der Waals surface area contributed by atoms with Gasteiger partial charge in [0.1, 0.15) is 11.6 Å². The highest BCUT2D eigenvalue weighted by Gasteiger charge is 2.38. The SMILES string of the molecule is COc1ccccc1CC1C(CN(CCC(C)C)C(=O)Cc2ccccc2C(F)(F)F)N=C2C=CC=CN21. The van der Waals surface area contributed by atoms with Crippen molar-refractivity contribution in [1.82, 2.24) is 9.80 Å². The topological polar surface area (TPSA) is 45.1 Å². The van der Waals surface area contributed by atoms with E-state index in [1.54, 1.807) is 18.1 Å². The molecule has 2 aromatic rings. The molecular formula is C30H34F3N3O2. The van der Waals surface area contributed by atoms with Gasteiger partial charge in [0.05, 0.1) is 31.2 Å². The summed E-state index contributed by atoms with van der Waals surface area (Å²) in [6.45, 7) is 4.91. The Hall–Kier alpha value is -3.55. The first-order valence-corrected chi connectivity index (χ1v) is 12.9. The number of halogens is 3. The molecule has 4 rings (SSSR count). The second-order valence-corrected chi connectivity index (χ2v) is 10.1. The van der Waals surface area contributed by atoms with Crippen molar-refractivity contribution < 1.29 is 22.7 Å². The number of amides is 1. The number of hydrogen-bond donors (Lipinski definition) is 0. The van der Waals surface area contributed by atoms with E-state index in [-0.39, 0.29) is 30.0 Å². The average molecular weight is 526 g/mol. The molecule has 2 aliphatic heterocycles. The summed E-state index contributed by atoms with van der Waals surface area (Å²) in [4.78, 5) is 22.3. The molecule has 5 nitrogen and oxygen atoms in total. The number of fused-ring (bicyclic) bond motifs is 1. The maximum Gasteiger partial charge on any atom is 0.416 e. The van der Waals surface area contributed by atoms with Crippen LogP contribution in [0.1, 0.15) is 37.0 Å². The monoisotopic (exact) mass is 525 g/mol. The number of allylic oxidation sites excluding steroid dienone is 2. The zero-order chi connectivity index (χ0) is 27.3. The van der Waals surface area contributed by atoms with Crippen molar-refractivity contribution in [3.63, 3.8) is 0 Å². The second kappa shape index (κ2) is 11.9. The van der Waals surface area contributed by atoms with Crippen LogP contribution < -0.4 is 4.74 Å². The highest BCUT2D eigenvalue weighted by molar-refractivity contribution is 5.96. The number of para-hydroxylation sites is 1. The molecule has 2 aromatic carbocycles. The average Bonchev–Trinajstić information content (AvgIpc) is 3.23. The quantitative estimate of drug-likeness (QED) is 0.388. The predicted molar refractivity (Wildman–Crippen MR) is 143 cm³/mol. The normalized spacial score (nSPS) is 18.5. The lowest BCUT2D eigenvalue weighted by Crippen LogP contribution is -2.46. The summed E-state index contributed by atoms with van der Waals surface area (Å²) in [5, 5.41) is 0. The van der Waals surface area contributed by atoms with Gasteiger partial charge in [-0.25, -0.2) is 0 Å². The molecule has 38 heavy (non-hydrogen) atoms. The molecule has 0 saturated carbocycles. The third-order valence-electron chi connectivity index (χ3n) is 6.99. The molecule has 0 bridgehead atoms. The van der Waals surface area contributed by atoms with E-state index in [2.05, 4.69) is 18.7 Å². The third-order valence-corrected chi connectivity index (χ3v) is 6.99. The summed E-state index contributed by atoms with van der Waals surface area (Å²) >= 11 is 0. The van der Waals surface area contributed by atoms with E-state index in [0.29, 0.717) is 25.4 Å². The van der Waals surface area contributed by atoms with Gasteiger partial charge in [-0.05, 0) is 54.2 Å². The van der Waals surface area contributed by atoms with Gasteiger partial charge in [-0.1, -0.05) is 56.3 Å². The molecule has 2 aliphatic rings. The largest absolute Gasteiger partial charge is 0.496 e. The van der Waals surface area contributed by atoms with Crippen LogP contribution in [0.25, 0.3) is 0 Å². The van der Waals surface area contributed by atoms with E-state index in [1.807, 2.05) is 48.7 Å². The molecule has 0 radical (unpaired) electrons. The number of rotatable bonds is 10. The van der Waals surface area contributed by atoms with E-state index in [1.165, 1.54) is 12.1 Å². The Balaban J connectivity index is 1.60. The standard InChI is InChI=1S/C30H34F3N3O2/c1-21(2)15-17-35(29(37)19-22-10-4-6-12-24(22)30(31,32)33)20-25-26(36-16-9-8-14-28(36)34-25)18-23-11-5-7-13-27(23)38-3/h4-14,16,21,25-26H,15,17-20H2,1-3H3. The van der Waals surface area contributed by atoms with Crippen LogP contribution in [0, 0.1) is 5.92 Å². The van der Waals surface area contributed by atoms with E-state index >= 15 is 0 Å². The molecule has 0 N–H and O–H groups in total. The predicted octanol–water partition coefficient (Wildman–Crippen LogP) is 5.91. The molecule has 0 fully saturated rings. The molecule has 1 amide bonds. The van der Waals surface area contributed by atoms with Crippen molar-refractivity contribution in [2.45, 2.75) is 51.4 Å². The van der Waals surface area contributed by atoms with Crippen LogP contribution >= 0.6 is 0 Å². The minimum absolute atomic E-state index is 0.00820. The first kappa shape index (κ1) is 27.5. The Morgan fingerprint density at radius 1 is 1.08 bits per heavy atom. The van der Waals surface area contributed by atoms with Crippen molar-refractivity contribution in [3.8, 4) is 5.75 Å². The number of carbonyl (C=O) groups excluding carboxylic acids is 1. The number of ether oxygens (including phenoxy) is 1. The van der Waals surface area contributed by atoms with E-state index in [4.69, 9.17) is 9.73 Å². The molecule has 0 spiro atoms. The Bertz CT molecular complexity index is 1220. The van der Waals surface area contributed by atoms with Gasteiger partial charge >= 0.3 is 6.18 Å². The molecule has 0 aromatic heterocycles. The van der Waals surface area contributed by atoms with Crippen LogP contribution in [0.15, 0.2) is 78.0 Å². The van der Waals surface area contributed by atoms with Gasteiger partial charge in [0.25, 0.3) is 0 Å². The van der Waals surface area contributed by atoms with Crippen molar-refractivity contribution >= 4 is 11.7 Å². The summed E-state index contributed by atoms with van der Waals surface area (Å²) in [7, 11) is 1.64. The minimum atomic E-state index is -4.52. The molecule has 2 heterocycles. The summed E-state index contributed by atoms with van der Waals surface area (Å²) in [5.74, 6) is 1.61. The number of aliphatic imine (C=N–C) groups is 1. The van der Waals surface area contributed by atoms with E-state index in [9.17, 15) is 18.0 Å². The Kier molecular flexibility index (Phi) is 8.59. The van der Waals surface area contributed by atoms with E-state index < -0.39 is 11.7 Å². The van der Waals surface area contributed by atoms with Gasteiger partial charge in [0, 0.05) is 19.3 Å². The lowest BCUT2D eigenvalue weighted by Gasteiger charge is -2.32. The zero-order valence-corrected chi connectivity index (χ0v) is 22.0. The highest BCUT2D eigenvalue weighted by Crippen LogP contribution is 2.33. The molecule has 0 saturated heterocycles. The maximum atomic E-state index is 13.6. The van der Waals surface area contributed by atoms with Crippen LogP contribution in [0.3, 0.4) is 0 Å². The fourth-order valence-electron chi connectivity index (χ4n) is 4.96. The van der Waals surface area contributed by atoms with Crippen LogP contribution in [-0.4, -0.2) is 53.8 Å². The summed E-state index contributed by atoms with van der Waals surface area (Å²) in [6, 6.07) is 12.8. The maximum absolute atomic E-state index is 13.6. The molecule has 2 unspecified atom stereocenters. The number of benzene rings is 2. The molecule has 2 atom stereocenters. The summed E-state index contributed by atoms with van der Waals surface area (Å²) in [6.07, 6.45) is 4.36. The minimum Gasteiger partial charge on any atom is -0.496 e. The van der Waals surface area contributed by atoms with Gasteiger partial charge < -0.3 is 14.5 Å². The van der Waals surface area contributed by atoms with Crippen molar-refractivity contribution in [2.75, 3.05) is 20.2 Å². The van der Waals surface area contributed by atoms with Crippen molar-refractivity contribution in [2.24, 2.45) is 10.9 Å². The first-order valence-electron chi connectivity index (χ1n) is 12.9. The number of carbonyl (C=O) groups is 1. The van der Waals surface area contributed by atoms with Gasteiger partial charge in [-0.2, -0.15) is 13.2 Å². The Morgan fingerprint density at radius 3 is 2.50 bits per heavy atom. The highest BCUT2D eigenvalue weighted by atomic mass is 19.4. The van der Waals surface area contributed by atoms with Crippen molar-refractivity contribution in [3.05, 3.63) is 89.6 Å². The van der Waals surface area contributed by atoms with Gasteiger partial charge in [0.2, 0.25) is 5.91 Å². The van der Waals surface area contributed by atoms with E-state index in [0.717, 1.165) is 29.6 Å². The molecular weight excluding hydrogens is 491 g/mol. The number of amidine groups is 1. The molecule has 8 heteroatoms. The van der Waals surface area contributed by atoms with Gasteiger partial charge in [0.15, 0.2) is 0 Å². The van der Waals surface area contributed by atoms with Crippen LogP contribution in [0.2, 0.25) is 0 Å². The lowest BCUT2D eigenvalue weighted by atomic mass is 9.97. The number of nitrogens with zero attached hydrogens (tertiary/aromatic N) is 3. The van der Waals surface area contributed by atoms with Crippen LogP contribution in [0.5, 0.6) is 5.75 Å². The van der Waals surface area contributed by atoms with Crippen molar-refractivity contribution in [1.29, 1.82) is 0 Å². The number of alkyl halides is 3. The lowest BCUT2D eigenvalue weighted by molar-refractivity contribution is -0.138. The fraction of sp³-hybridized carbons (Fsp3) is 0.400. The van der Waals surface area contributed by atoms with Gasteiger partial charge in [-0.3, -0.25) is 9.79 Å². The van der Waals surface area contributed by atoms with Crippen LogP contribution in [0.4, 0.5) is 13.2 Å². The zero-order valence-electron chi connectivity index (χ0n) is 22.0. The third kappa shape index (κ3) is 6.47. The molecule has 0 aliphatic carbocycles. The van der Waals surface area contributed by atoms with Crippen LogP contribution in [-0.2, 0) is 23.8 Å². The van der Waals surface area contributed by atoms with Gasteiger partial charge in [-0.15, -0.1) is 0 Å². The fourth-order valence-corrected chi connectivity index (χ4v) is 4.96. The Morgan fingerprint density at radius 2 is 1.79 bits per heavy atom. The summed E-state index contributed by atoms with van der Waals surface area (Å²) in [5.41, 5.74) is 0.259. The first-order chi connectivity index (χ1) is 18.2. The summed E-state index contributed by atoms with van der Waals surface area (Å²) < 4.78 is 46.4. The molecule has 202 valence electrons. The number of hydrogen-bond acceptors (Lipinski definition) is 4. The second-order valence-electron chi connectivity index (χ2n) is 10.1.